The van der Waals surface area contributed by atoms with Crippen molar-refractivity contribution in [3.05, 3.63) is 228 Å². The molecular formula is C49H38BF2N4-. The van der Waals surface area contributed by atoms with Crippen molar-refractivity contribution in [2.24, 2.45) is 4.99 Å². The van der Waals surface area contributed by atoms with Gasteiger partial charge in [0.05, 0.1) is 11.4 Å². The van der Waals surface area contributed by atoms with Gasteiger partial charge in [-0.1, -0.05) is 109 Å². The van der Waals surface area contributed by atoms with Crippen LogP contribution in [0.1, 0.15) is 22.5 Å². The number of aliphatic imine (C=N–C) groups is 1. The van der Waals surface area contributed by atoms with Crippen LogP contribution in [0.4, 0.5) is 42.8 Å². The van der Waals surface area contributed by atoms with Gasteiger partial charge in [0, 0.05) is 45.5 Å². The third-order valence-electron chi connectivity index (χ3n) is 9.52. The Kier molecular flexibility index (Phi) is 10.8. The predicted octanol–water partition coefficient (Wildman–Crippen LogP) is 13.2. The normalized spacial score (nSPS) is 13.3. The number of allylic oxidation sites excluding steroid dienone is 3. The lowest BCUT2D eigenvalue weighted by molar-refractivity contribution is 0.627. The molecule has 7 aromatic rings. The molecule has 0 N–H and O–H groups in total. The van der Waals surface area contributed by atoms with Crippen LogP contribution >= 0.6 is 0 Å². The average Bonchev–Trinajstić information content (AvgIpc) is 3.88. The van der Waals surface area contributed by atoms with Crippen molar-refractivity contribution in [1.29, 1.82) is 0 Å². The summed E-state index contributed by atoms with van der Waals surface area (Å²) in [6.07, 6.45) is 13.0. The van der Waals surface area contributed by atoms with Crippen LogP contribution in [-0.2, 0) is 0 Å². The summed E-state index contributed by atoms with van der Waals surface area (Å²) in [5.74, 6) is 0. The Balaban J connectivity index is 0.961. The van der Waals surface area contributed by atoms with Crippen LogP contribution in [0, 0.1) is 0 Å². The fourth-order valence-electron chi connectivity index (χ4n) is 6.80. The summed E-state index contributed by atoms with van der Waals surface area (Å²) in [6.45, 7) is 0. The third kappa shape index (κ3) is 8.28. The Hall–Kier alpha value is -7.25. The molecule has 0 saturated carbocycles. The minimum Gasteiger partial charge on any atom is -0.465 e. The second-order valence-corrected chi connectivity index (χ2v) is 13.3. The second-order valence-electron chi connectivity index (χ2n) is 13.3. The van der Waals surface area contributed by atoms with E-state index in [0.29, 0.717) is 17.1 Å². The molecule has 0 bridgehead atoms. The quantitative estimate of drug-likeness (QED) is 0.117. The zero-order valence-electron chi connectivity index (χ0n) is 30.6. The SMILES string of the molecule is F[BH-](F)n1c(/C=C2/C=CC(/C=C/c3ccc(N(c4ccccc4)c4ccccc4)cc3)=N2)ccc1/C=C/c1ccc(N(c2ccccc2)c2ccccc2)cc1. The van der Waals surface area contributed by atoms with Crippen LogP contribution < -0.4 is 9.80 Å². The highest BCUT2D eigenvalue weighted by molar-refractivity contribution is 6.41. The van der Waals surface area contributed by atoms with Gasteiger partial charge in [-0.2, -0.15) is 0 Å². The molecule has 6 aromatic carbocycles. The van der Waals surface area contributed by atoms with E-state index in [4.69, 9.17) is 4.99 Å². The lowest BCUT2D eigenvalue weighted by Gasteiger charge is -2.25. The maximum Gasteiger partial charge on any atom is 0.400 e. The van der Waals surface area contributed by atoms with Gasteiger partial charge in [0.15, 0.2) is 0 Å². The Morgan fingerprint density at radius 1 is 0.411 bits per heavy atom. The number of para-hydroxylation sites is 4. The van der Waals surface area contributed by atoms with Gasteiger partial charge in [-0.15, -0.1) is 0 Å². The number of hydrogen-bond acceptors (Lipinski definition) is 3. The summed E-state index contributed by atoms with van der Waals surface area (Å²) in [4.78, 5) is 9.10. The molecule has 0 unspecified atom stereocenters. The molecule has 4 nitrogen and oxygen atoms in total. The van der Waals surface area contributed by atoms with E-state index in [1.165, 1.54) is 0 Å². The third-order valence-corrected chi connectivity index (χ3v) is 9.52. The molecule has 0 amide bonds. The van der Waals surface area contributed by atoms with Gasteiger partial charge in [0.2, 0.25) is 0 Å². The van der Waals surface area contributed by atoms with Gasteiger partial charge in [-0.3, -0.25) is 0 Å². The first kappa shape index (κ1) is 35.8. The van der Waals surface area contributed by atoms with Gasteiger partial charge in [-0.05, 0) is 126 Å². The fourth-order valence-corrected chi connectivity index (χ4v) is 6.80. The molecule has 1 aliphatic rings. The molecule has 0 spiro atoms. The molecule has 272 valence electrons. The Morgan fingerprint density at radius 2 is 0.804 bits per heavy atom. The zero-order chi connectivity index (χ0) is 38.1. The minimum absolute atomic E-state index is 0.414. The Labute approximate surface area is 326 Å². The molecule has 0 radical (unpaired) electrons. The molecule has 1 aliphatic heterocycles. The number of anilines is 6. The van der Waals surface area contributed by atoms with E-state index in [0.717, 1.165) is 55.4 Å². The number of benzene rings is 6. The summed E-state index contributed by atoms with van der Waals surface area (Å²) in [5.41, 5.74) is 10.5. The molecule has 1 aromatic heterocycles. The van der Waals surface area contributed by atoms with E-state index in [1.807, 2.05) is 127 Å². The minimum atomic E-state index is -3.63. The van der Waals surface area contributed by atoms with E-state index in [1.54, 1.807) is 24.3 Å². The summed E-state index contributed by atoms with van der Waals surface area (Å²) in [5, 5.41) is 0. The van der Waals surface area contributed by atoms with Gasteiger partial charge in [0.1, 0.15) is 0 Å². The zero-order valence-corrected chi connectivity index (χ0v) is 30.6. The first-order chi connectivity index (χ1) is 27.6. The smallest absolute Gasteiger partial charge is 0.400 e. The number of aromatic nitrogens is 1. The number of hydrogen-bond donors (Lipinski definition) is 0. The molecule has 0 aliphatic carbocycles. The van der Waals surface area contributed by atoms with E-state index >= 15 is 0 Å². The largest absolute Gasteiger partial charge is 0.465 e. The van der Waals surface area contributed by atoms with E-state index < -0.39 is 7.40 Å². The monoisotopic (exact) mass is 731 g/mol. The summed E-state index contributed by atoms with van der Waals surface area (Å²) in [7, 11) is -3.63. The van der Waals surface area contributed by atoms with E-state index in [2.05, 4.69) is 82.6 Å². The highest BCUT2D eigenvalue weighted by Crippen LogP contribution is 2.36. The summed E-state index contributed by atoms with van der Waals surface area (Å²) >= 11 is 0. The van der Waals surface area contributed by atoms with Crippen molar-refractivity contribution in [2.75, 3.05) is 9.80 Å². The first-order valence-corrected chi connectivity index (χ1v) is 18.6. The number of halogens is 2. The summed E-state index contributed by atoms with van der Waals surface area (Å²) in [6, 6.07) is 60.9. The number of nitrogens with zero attached hydrogens (tertiary/aromatic N) is 4. The predicted molar refractivity (Wildman–Crippen MR) is 234 cm³/mol. The standard InChI is InChI=1S/C49H38BF2N4/c51-50(52)56-48(34-26-39-24-32-47(33-25-39)55(44-17-9-3-10-18-44)45-19-11-4-12-20-45)35-36-49(56)37-41-29-28-40(53-41)27-21-38-22-30-46(31-23-38)54(42-13-5-1-6-14-42)43-15-7-2-8-16-43/h1-37,50H/q-1/b27-21+,34-26+,41-37-. The second kappa shape index (κ2) is 16.8. The van der Waals surface area contributed by atoms with E-state index in [-0.39, 0.29) is 0 Å². The van der Waals surface area contributed by atoms with Crippen molar-refractivity contribution in [3.8, 4) is 0 Å². The molecule has 2 heterocycles. The highest BCUT2D eigenvalue weighted by Gasteiger charge is 2.14. The summed E-state index contributed by atoms with van der Waals surface area (Å²) < 4.78 is 30.2. The van der Waals surface area contributed by atoms with Crippen LogP contribution in [0.25, 0.3) is 24.3 Å². The molecular weight excluding hydrogens is 693 g/mol. The molecule has 0 saturated heterocycles. The molecule has 56 heavy (non-hydrogen) atoms. The molecule has 0 fully saturated rings. The van der Waals surface area contributed by atoms with Crippen molar-refractivity contribution in [2.45, 2.75) is 0 Å². The van der Waals surface area contributed by atoms with Crippen molar-refractivity contribution < 1.29 is 8.63 Å². The van der Waals surface area contributed by atoms with Gasteiger partial charge < -0.3 is 22.9 Å². The van der Waals surface area contributed by atoms with E-state index in [9.17, 15) is 8.63 Å². The maximum absolute atomic E-state index is 14.6. The van der Waals surface area contributed by atoms with Crippen LogP contribution in [-0.4, -0.2) is 17.6 Å². The highest BCUT2D eigenvalue weighted by atomic mass is 19.2. The average molecular weight is 732 g/mol. The van der Waals surface area contributed by atoms with Crippen LogP contribution in [0.2, 0.25) is 0 Å². The van der Waals surface area contributed by atoms with Crippen LogP contribution in [0.3, 0.4) is 0 Å². The fraction of sp³-hybridized carbons (Fsp3) is 0. The van der Waals surface area contributed by atoms with Crippen molar-refractivity contribution >= 4 is 71.5 Å². The van der Waals surface area contributed by atoms with Crippen LogP contribution in [0.5, 0.6) is 0 Å². The number of rotatable bonds is 12. The Bertz CT molecular complexity index is 2450. The molecule has 8 rings (SSSR count). The molecule has 0 atom stereocenters. The first-order valence-electron chi connectivity index (χ1n) is 18.6. The Morgan fingerprint density at radius 3 is 1.23 bits per heavy atom. The van der Waals surface area contributed by atoms with Crippen molar-refractivity contribution in [3.63, 3.8) is 0 Å². The van der Waals surface area contributed by atoms with Crippen LogP contribution in [0.15, 0.2) is 211 Å². The van der Waals surface area contributed by atoms with Gasteiger partial charge in [-0.25, -0.2) is 4.99 Å². The van der Waals surface area contributed by atoms with Gasteiger partial charge in [0.25, 0.3) is 0 Å². The molecule has 7 heteroatoms. The lowest BCUT2D eigenvalue weighted by atomic mass is 10.1. The maximum atomic E-state index is 14.6. The van der Waals surface area contributed by atoms with Gasteiger partial charge >= 0.3 is 7.40 Å². The topological polar surface area (TPSA) is 23.8 Å². The van der Waals surface area contributed by atoms with Crippen molar-refractivity contribution in [1.82, 2.24) is 4.48 Å². The lowest BCUT2D eigenvalue weighted by Crippen LogP contribution is -2.16.